The molecule has 0 aliphatic rings. The van der Waals surface area contributed by atoms with Crippen molar-refractivity contribution in [3.63, 3.8) is 0 Å². The molecule has 0 saturated carbocycles. The van der Waals surface area contributed by atoms with Crippen LogP contribution >= 0.6 is 0 Å². The number of ether oxygens (including phenoxy) is 3. The molecule has 3 rings (SSSR count). The van der Waals surface area contributed by atoms with Gasteiger partial charge in [0.05, 0.1) is 44.5 Å². The van der Waals surface area contributed by atoms with Gasteiger partial charge in [-0.05, 0) is 24.0 Å². The van der Waals surface area contributed by atoms with E-state index in [2.05, 4.69) is 15.0 Å². The molecule has 2 heterocycles. The second-order valence-electron chi connectivity index (χ2n) is 8.11. The van der Waals surface area contributed by atoms with Gasteiger partial charge in [-0.15, -0.1) is 0 Å². The first kappa shape index (κ1) is 21.3. The Hall–Kier alpha value is -3.42. The molecule has 0 aliphatic carbocycles. The van der Waals surface area contributed by atoms with Gasteiger partial charge in [0.25, 0.3) is 0 Å². The molecule has 0 amide bonds. The van der Waals surface area contributed by atoms with Crippen molar-refractivity contribution in [2.45, 2.75) is 27.2 Å². The zero-order chi connectivity index (χ0) is 22.1. The van der Waals surface area contributed by atoms with Crippen molar-refractivity contribution in [3.8, 4) is 28.5 Å². The molecule has 8 heteroatoms. The van der Waals surface area contributed by atoms with E-state index in [9.17, 15) is 4.79 Å². The molecule has 0 radical (unpaired) electrons. The number of carbonyl (C=O) groups is 1. The average Bonchev–Trinajstić information content (AvgIpc) is 3.13. The fourth-order valence-electron chi connectivity index (χ4n) is 3.21. The van der Waals surface area contributed by atoms with Gasteiger partial charge in [0, 0.05) is 11.8 Å². The Morgan fingerprint density at radius 2 is 1.73 bits per heavy atom. The molecular formula is C22H26N4O4. The standard InChI is InChI=1S/C22H26N4O4/c1-22(2,3)9-14(23)19(27)13-10-24-21-18(13)26-15(11-25-21)12-7-16(28-4)20(30-6)17(8-12)29-5/h7-8,10-11,23H,9H2,1-6H3,(H,24,25). The molecule has 0 atom stereocenters. The number of H-pyrrole nitrogens is 1. The molecule has 30 heavy (non-hydrogen) atoms. The van der Waals surface area contributed by atoms with E-state index >= 15 is 0 Å². The lowest BCUT2D eigenvalue weighted by Gasteiger charge is -2.17. The molecule has 2 N–H and O–H groups in total. The summed E-state index contributed by atoms with van der Waals surface area (Å²) in [5, 5.41) is 8.21. The van der Waals surface area contributed by atoms with Crippen LogP contribution in [0.5, 0.6) is 17.2 Å². The first-order valence-corrected chi connectivity index (χ1v) is 9.45. The van der Waals surface area contributed by atoms with Crippen molar-refractivity contribution in [1.82, 2.24) is 15.0 Å². The Morgan fingerprint density at radius 3 is 2.27 bits per heavy atom. The lowest BCUT2D eigenvalue weighted by atomic mass is 9.87. The van der Waals surface area contributed by atoms with Crippen LogP contribution < -0.4 is 14.2 Å². The van der Waals surface area contributed by atoms with Crippen LogP contribution in [-0.4, -0.2) is 47.8 Å². The van der Waals surface area contributed by atoms with Gasteiger partial charge in [-0.1, -0.05) is 20.8 Å². The summed E-state index contributed by atoms with van der Waals surface area (Å²) in [5.41, 5.74) is 2.36. The summed E-state index contributed by atoms with van der Waals surface area (Å²) in [5.74, 6) is 1.11. The predicted molar refractivity (Wildman–Crippen MR) is 115 cm³/mol. The third-order valence-corrected chi connectivity index (χ3v) is 4.57. The van der Waals surface area contributed by atoms with Crippen LogP contribution in [0.4, 0.5) is 0 Å². The number of hydrogen-bond acceptors (Lipinski definition) is 7. The van der Waals surface area contributed by atoms with Crippen LogP contribution in [0.3, 0.4) is 0 Å². The molecule has 8 nitrogen and oxygen atoms in total. The summed E-state index contributed by atoms with van der Waals surface area (Å²) in [4.78, 5) is 24.9. The number of hydrogen-bond donors (Lipinski definition) is 2. The van der Waals surface area contributed by atoms with E-state index in [4.69, 9.17) is 19.6 Å². The highest BCUT2D eigenvalue weighted by Gasteiger charge is 2.23. The molecule has 0 saturated heterocycles. The number of fused-ring (bicyclic) bond motifs is 1. The van der Waals surface area contributed by atoms with E-state index in [1.54, 1.807) is 38.7 Å². The summed E-state index contributed by atoms with van der Waals surface area (Å²) in [6, 6.07) is 3.54. The summed E-state index contributed by atoms with van der Waals surface area (Å²) in [6.07, 6.45) is 3.54. The van der Waals surface area contributed by atoms with Crippen molar-refractivity contribution >= 4 is 22.7 Å². The largest absolute Gasteiger partial charge is 0.493 e. The van der Waals surface area contributed by atoms with E-state index in [-0.39, 0.29) is 16.9 Å². The van der Waals surface area contributed by atoms with Crippen LogP contribution in [0.2, 0.25) is 0 Å². The van der Waals surface area contributed by atoms with Crippen molar-refractivity contribution in [1.29, 1.82) is 5.41 Å². The number of aromatic nitrogens is 3. The second kappa shape index (κ2) is 8.14. The van der Waals surface area contributed by atoms with Crippen LogP contribution in [0, 0.1) is 10.8 Å². The number of ketones is 1. The minimum Gasteiger partial charge on any atom is -0.493 e. The van der Waals surface area contributed by atoms with E-state index in [0.29, 0.717) is 51.7 Å². The highest BCUT2D eigenvalue weighted by atomic mass is 16.5. The first-order chi connectivity index (χ1) is 14.2. The van der Waals surface area contributed by atoms with Gasteiger partial charge >= 0.3 is 0 Å². The van der Waals surface area contributed by atoms with Gasteiger partial charge in [0.2, 0.25) is 11.5 Å². The van der Waals surface area contributed by atoms with Gasteiger partial charge < -0.3 is 24.6 Å². The van der Waals surface area contributed by atoms with E-state index in [1.165, 1.54) is 7.11 Å². The summed E-state index contributed by atoms with van der Waals surface area (Å²) in [7, 11) is 4.62. The van der Waals surface area contributed by atoms with Gasteiger partial charge in [-0.25, -0.2) is 9.97 Å². The lowest BCUT2D eigenvalue weighted by molar-refractivity contribution is 0.106. The Labute approximate surface area is 175 Å². The van der Waals surface area contributed by atoms with Crippen LogP contribution in [0.25, 0.3) is 22.4 Å². The van der Waals surface area contributed by atoms with Crippen molar-refractivity contribution in [3.05, 3.63) is 30.1 Å². The fourth-order valence-corrected chi connectivity index (χ4v) is 3.21. The third-order valence-electron chi connectivity index (χ3n) is 4.57. The Bertz CT molecular complexity index is 1090. The quantitative estimate of drug-likeness (QED) is 0.444. The molecule has 2 aromatic heterocycles. The molecule has 158 valence electrons. The highest BCUT2D eigenvalue weighted by Crippen LogP contribution is 2.41. The molecular weight excluding hydrogens is 384 g/mol. The molecule has 1 aromatic carbocycles. The Balaban J connectivity index is 2.07. The number of rotatable bonds is 7. The predicted octanol–water partition coefficient (Wildman–Crippen LogP) is 4.29. The number of carbonyl (C=O) groups excluding carboxylic acids is 1. The van der Waals surface area contributed by atoms with Gasteiger partial charge in [0.15, 0.2) is 17.1 Å². The third kappa shape index (κ3) is 4.12. The number of aromatic amines is 1. The maximum atomic E-state index is 12.9. The van der Waals surface area contributed by atoms with Crippen LogP contribution in [-0.2, 0) is 0 Å². The first-order valence-electron chi connectivity index (χ1n) is 9.45. The zero-order valence-corrected chi connectivity index (χ0v) is 18.0. The summed E-state index contributed by atoms with van der Waals surface area (Å²) < 4.78 is 16.2. The van der Waals surface area contributed by atoms with Gasteiger partial charge in [0.1, 0.15) is 5.52 Å². The highest BCUT2D eigenvalue weighted by molar-refractivity contribution is 6.46. The van der Waals surface area contributed by atoms with Crippen molar-refractivity contribution < 1.29 is 19.0 Å². The number of benzene rings is 1. The normalized spacial score (nSPS) is 11.4. The van der Waals surface area contributed by atoms with E-state index in [1.807, 2.05) is 20.8 Å². The minimum atomic E-state index is -0.354. The van der Waals surface area contributed by atoms with Crippen molar-refractivity contribution in [2.24, 2.45) is 5.41 Å². The maximum Gasteiger partial charge on any atom is 0.210 e. The lowest BCUT2D eigenvalue weighted by Crippen LogP contribution is -2.20. The number of methoxy groups -OCH3 is 3. The van der Waals surface area contributed by atoms with Gasteiger partial charge in [-0.3, -0.25) is 4.79 Å². The molecule has 0 bridgehead atoms. The van der Waals surface area contributed by atoms with E-state index in [0.717, 1.165) is 0 Å². The molecule has 0 aliphatic heterocycles. The van der Waals surface area contributed by atoms with Gasteiger partial charge in [-0.2, -0.15) is 0 Å². The number of nitrogens with zero attached hydrogens (tertiary/aromatic N) is 2. The SMILES string of the molecule is COc1cc(-c2cnc3[nH]cc(C(=O)C(=N)CC(C)(C)C)c3n2)cc(OC)c1OC. The summed E-state index contributed by atoms with van der Waals surface area (Å²) in [6.45, 7) is 5.98. The summed E-state index contributed by atoms with van der Waals surface area (Å²) >= 11 is 0. The topological polar surface area (TPSA) is 110 Å². The monoisotopic (exact) mass is 410 g/mol. The van der Waals surface area contributed by atoms with Crippen LogP contribution in [0.15, 0.2) is 24.5 Å². The molecule has 3 aromatic rings. The average molecular weight is 410 g/mol. The second-order valence-corrected chi connectivity index (χ2v) is 8.11. The van der Waals surface area contributed by atoms with E-state index < -0.39 is 0 Å². The van der Waals surface area contributed by atoms with Crippen LogP contribution in [0.1, 0.15) is 37.6 Å². The maximum absolute atomic E-state index is 12.9. The molecule has 0 unspecified atom stereocenters. The smallest absolute Gasteiger partial charge is 0.210 e. The Kier molecular flexibility index (Phi) is 5.78. The number of nitrogens with one attached hydrogen (secondary N) is 2. The Morgan fingerprint density at radius 1 is 1.10 bits per heavy atom. The number of Topliss-reactive ketones (excluding diaryl/α,β-unsaturated/α-hetero) is 1. The fraction of sp³-hybridized carbons (Fsp3) is 0.364. The van der Waals surface area contributed by atoms with Crippen molar-refractivity contribution in [2.75, 3.05) is 21.3 Å². The molecule has 0 spiro atoms. The zero-order valence-electron chi connectivity index (χ0n) is 18.0. The minimum absolute atomic E-state index is 0.0448. The molecule has 0 fully saturated rings.